The molecule has 1 aromatic rings. The summed E-state index contributed by atoms with van der Waals surface area (Å²) in [6.07, 6.45) is 4.07. The Bertz CT molecular complexity index is 799. The van der Waals surface area contributed by atoms with Crippen molar-refractivity contribution in [2.45, 2.75) is 37.6 Å². The Labute approximate surface area is 161 Å². The second-order valence-corrected chi connectivity index (χ2v) is 8.44. The summed E-state index contributed by atoms with van der Waals surface area (Å²) in [6, 6.07) is 6.27. The summed E-state index contributed by atoms with van der Waals surface area (Å²) in [4.78, 5) is 25.6. The normalized spacial score (nSPS) is 18.3. The Kier molecular flexibility index (Phi) is 7.15. The summed E-state index contributed by atoms with van der Waals surface area (Å²) in [5.74, 6) is -0.238. The number of benzene rings is 1. The molecule has 0 radical (unpaired) electrons. The minimum absolute atomic E-state index is 0.0283. The number of hydrogen-bond donors (Lipinski definition) is 1. The van der Waals surface area contributed by atoms with Crippen LogP contribution in [0.1, 0.15) is 32.3 Å². The van der Waals surface area contributed by atoms with E-state index >= 15 is 0 Å². The number of amides is 2. The topological polar surface area (TPSA) is 86.8 Å². The quantitative estimate of drug-likeness (QED) is 0.711. The van der Waals surface area contributed by atoms with Crippen molar-refractivity contribution in [3.63, 3.8) is 0 Å². The molecule has 1 fully saturated rings. The van der Waals surface area contributed by atoms with Crippen LogP contribution >= 0.6 is 0 Å². The lowest BCUT2D eigenvalue weighted by molar-refractivity contribution is -0.133. The predicted octanol–water partition coefficient (Wildman–Crippen LogP) is 1.47. The van der Waals surface area contributed by atoms with Crippen LogP contribution in [-0.4, -0.2) is 62.2 Å². The van der Waals surface area contributed by atoms with Crippen molar-refractivity contribution in [3.05, 3.63) is 35.9 Å². The number of nitrogens with one attached hydrogen (secondary N) is 1. The highest BCUT2D eigenvalue weighted by Crippen LogP contribution is 2.17. The van der Waals surface area contributed by atoms with Gasteiger partial charge in [-0.25, -0.2) is 8.42 Å². The van der Waals surface area contributed by atoms with Gasteiger partial charge in [0.25, 0.3) is 0 Å². The highest BCUT2D eigenvalue weighted by molar-refractivity contribution is 7.89. The molecule has 1 aromatic carbocycles. The van der Waals surface area contributed by atoms with Crippen LogP contribution in [0.4, 0.5) is 0 Å². The van der Waals surface area contributed by atoms with E-state index in [0.29, 0.717) is 26.1 Å². The summed E-state index contributed by atoms with van der Waals surface area (Å²) in [5.41, 5.74) is 0.725. The first kappa shape index (κ1) is 21.1. The number of rotatable bonds is 7. The lowest BCUT2D eigenvalue weighted by atomic mass is 10.0. The minimum atomic E-state index is -3.48. The van der Waals surface area contributed by atoms with Gasteiger partial charge in [0.15, 0.2) is 0 Å². The van der Waals surface area contributed by atoms with Gasteiger partial charge in [-0.1, -0.05) is 26.0 Å². The van der Waals surface area contributed by atoms with Gasteiger partial charge in [0.1, 0.15) is 0 Å². The van der Waals surface area contributed by atoms with Crippen molar-refractivity contribution in [3.8, 4) is 0 Å². The average molecular weight is 394 g/mol. The molecule has 2 amide bonds. The molecular formula is C19H27N3O4S. The number of piperidine rings is 1. The third-order valence-electron chi connectivity index (χ3n) is 4.66. The van der Waals surface area contributed by atoms with E-state index < -0.39 is 10.0 Å². The van der Waals surface area contributed by atoms with Crippen LogP contribution in [0.15, 0.2) is 35.2 Å². The fourth-order valence-electron chi connectivity index (χ4n) is 2.95. The van der Waals surface area contributed by atoms with Crippen LogP contribution in [0.3, 0.4) is 0 Å². The molecule has 0 aromatic heterocycles. The van der Waals surface area contributed by atoms with Gasteiger partial charge >= 0.3 is 0 Å². The predicted molar refractivity (Wildman–Crippen MR) is 104 cm³/mol. The monoisotopic (exact) mass is 393 g/mol. The average Bonchev–Trinajstić information content (AvgIpc) is 2.64. The number of carbonyl (C=O) groups excluding carboxylic acids is 2. The Morgan fingerprint density at radius 2 is 1.89 bits per heavy atom. The zero-order valence-electron chi connectivity index (χ0n) is 16.0. The lowest BCUT2D eigenvalue weighted by Crippen LogP contribution is -2.45. The van der Waals surface area contributed by atoms with E-state index in [-0.39, 0.29) is 22.8 Å². The summed E-state index contributed by atoms with van der Waals surface area (Å²) in [6.45, 7) is 5.07. The molecule has 2 rings (SSSR count). The smallest absolute Gasteiger partial charge is 0.244 e. The summed E-state index contributed by atoms with van der Waals surface area (Å²) < 4.78 is 26.3. The molecule has 1 unspecified atom stereocenters. The second-order valence-electron chi connectivity index (χ2n) is 6.51. The molecule has 0 spiro atoms. The fourth-order valence-corrected chi connectivity index (χ4v) is 4.41. The first-order valence-corrected chi connectivity index (χ1v) is 10.5. The Balaban J connectivity index is 1.97. The summed E-state index contributed by atoms with van der Waals surface area (Å²) in [5, 5.41) is 2.83. The first-order valence-electron chi connectivity index (χ1n) is 9.10. The zero-order chi connectivity index (χ0) is 20.0. The number of hydrogen-bond acceptors (Lipinski definition) is 4. The molecule has 1 heterocycles. The highest BCUT2D eigenvalue weighted by atomic mass is 32.2. The molecule has 8 heteroatoms. The van der Waals surface area contributed by atoms with Crippen LogP contribution in [0.5, 0.6) is 0 Å². The van der Waals surface area contributed by atoms with E-state index in [0.717, 1.165) is 12.0 Å². The number of sulfonamides is 1. The largest absolute Gasteiger partial charge is 0.349 e. The molecule has 148 valence electrons. The van der Waals surface area contributed by atoms with Crippen molar-refractivity contribution in [2.75, 3.05) is 26.7 Å². The lowest BCUT2D eigenvalue weighted by Gasteiger charge is -2.28. The van der Waals surface area contributed by atoms with Crippen molar-refractivity contribution in [1.29, 1.82) is 0 Å². The van der Waals surface area contributed by atoms with Crippen LogP contribution in [-0.2, 0) is 19.6 Å². The molecule has 0 aliphatic carbocycles. The van der Waals surface area contributed by atoms with E-state index in [9.17, 15) is 18.0 Å². The standard InChI is InChI=1S/C19H27N3O4S/c1-4-22(5-2)27(25,26)17-9-6-15(7-10-17)8-11-18(23)20-16-12-13-21(3)19(24)14-16/h6-11,16H,4-5,12-14H2,1-3H3,(H,20,23). The molecule has 0 bridgehead atoms. The first-order chi connectivity index (χ1) is 12.8. The molecule has 1 N–H and O–H groups in total. The van der Waals surface area contributed by atoms with E-state index in [2.05, 4.69) is 5.32 Å². The van der Waals surface area contributed by atoms with Crippen LogP contribution in [0.25, 0.3) is 6.08 Å². The van der Waals surface area contributed by atoms with Gasteiger partial charge in [-0.05, 0) is 30.2 Å². The van der Waals surface area contributed by atoms with E-state index in [1.165, 1.54) is 10.4 Å². The van der Waals surface area contributed by atoms with Gasteiger partial charge in [0, 0.05) is 45.2 Å². The van der Waals surface area contributed by atoms with Gasteiger partial charge < -0.3 is 10.2 Å². The zero-order valence-corrected chi connectivity index (χ0v) is 16.8. The van der Waals surface area contributed by atoms with E-state index in [1.54, 1.807) is 56.1 Å². The van der Waals surface area contributed by atoms with Crippen LogP contribution in [0, 0.1) is 0 Å². The molecule has 1 aliphatic heterocycles. The third-order valence-corrected chi connectivity index (χ3v) is 6.72. The Morgan fingerprint density at radius 3 is 2.44 bits per heavy atom. The van der Waals surface area contributed by atoms with Crippen molar-refractivity contribution < 1.29 is 18.0 Å². The summed E-state index contributed by atoms with van der Waals surface area (Å²) in [7, 11) is -1.73. The van der Waals surface area contributed by atoms with Crippen molar-refractivity contribution in [2.24, 2.45) is 0 Å². The molecule has 0 saturated carbocycles. The summed E-state index contributed by atoms with van der Waals surface area (Å²) >= 11 is 0. The Hall–Kier alpha value is -2.19. The van der Waals surface area contributed by atoms with Gasteiger partial charge in [0.05, 0.1) is 4.90 Å². The molecule has 1 atom stereocenters. The minimum Gasteiger partial charge on any atom is -0.349 e. The van der Waals surface area contributed by atoms with Gasteiger partial charge in [-0.15, -0.1) is 0 Å². The number of nitrogens with zero attached hydrogens (tertiary/aromatic N) is 2. The van der Waals surface area contributed by atoms with E-state index in [1.807, 2.05) is 0 Å². The molecule has 7 nitrogen and oxygen atoms in total. The van der Waals surface area contributed by atoms with Gasteiger partial charge in [-0.2, -0.15) is 4.31 Å². The van der Waals surface area contributed by atoms with Gasteiger partial charge in [-0.3, -0.25) is 9.59 Å². The Morgan fingerprint density at radius 1 is 1.26 bits per heavy atom. The van der Waals surface area contributed by atoms with Gasteiger partial charge in [0.2, 0.25) is 21.8 Å². The SMILES string of the molecule is CCN(CC)S(=O)(=O)c1ccc(C=CC(=O)NC2CCN(C)C(=O)C2)cc1. The van der Waals surface area contributed by atoms with Crippen molar-refractivity contribution >= 4 is 27.9 Å². The molecule has 1 aliphatic rings. The number of likely N-dealkylation sites (tertiary alicyclic amines) is 1. The van der Waals surface area contributed by atoms with Crippen LogP contribution < -0.4 is 5.32 Å². The highest BCUT2D eigenvalue weighted by Gasteiger charge is 2.24. The fraction of sp³-hybridized carbons (Fsp3) is 0.474. The van der Waals surface area contributed by atoms with Crippen molar-refractivity contribution in [1.82, 2.24) is 14.5 Å². The van der Waals surface area contributed by atoms with Crippen LogP contribution in [0.2, 0.25) is 0 Å². The maximum Gasteiger partial charge on any atom is 0.244 e. The maximum atomic E-state index is 12.5. The maximum absolute atomic E-state index is 12.5. The second kappa shape index (κ2) is 9.14. The molecule has 27 heavy (non-hydrogen) atoms. The molecule has 1 saturated heterocycles. The van der Waals surface area contributed by atoms with E-state index in [4.69, 9.17) is 0 Å². The number of carbonyl (C=O) groups is 2. The third kappa shape index (κ3) is 5.40. The molecular weight excluding hydrogens is 366 g/mol.